The molecule has 1 aliphatic carbocycles. The van der Waals surface area contributed by atoms with Gasteiger partial charge in [-0.1, -0.05) is 48.5 Å². The van der Waals surface area contributed by atoms with E-state index in [0.29, 0.717) is 11.4 Å². The molecule has 0 radical (unpaired) electrons. The van der Waals surface area contributed by atoms with Crippen molar-refractivity contribution in [2.75, 3.05) is 20.6 Å². The van der Waals surface area contributed by atoms with Crippen molar-refractivity contribution in [1.82, 2.24) is 4.72 Å². The Kier molecular flexibility index (Phi) is 5.72. The zero-order valence-electron chi connectivity index (χ0n) is 17.1. The van der Waals surface area contributed by atoms with Gasteiger partial charge in [0.25, 0.3) is 0 Å². The second-order valence-electron chi connectivity index (χ2n) is 8.19. The van der Waals surface area contributed by atoms with Crippen LogP contribution in [0.4, 0.5) is 0 Å². The first-order valence-corrected chi connectivity index (χ1v) is 11.8. The molecular formula is C24H29N2O2S+. The maximum absolute atomic E-state index is 13.0. The van der Waals surface area contributed by atoms with E-state index in [2.05, 4.69) is 43.1 Å². The third-order valence-corrected chi connectivity index (χ3v) is 7.42. The fraction of sp³-hybridized carbons (Fsp3) is 0.333. The van der Waals surface area contributed by atoms with Crippen molar-refractivity contribution in [3.8, 4) is 0 Å². The van der Waals surface area contributed by atoms with Crippen LogP contribution in [0.5, 0.6) is 0 Å². The normalized spacial score (nSPS) is 15.4. The van der Waals surface area contributed by atoms with Crippen LogP contribution in [0.15, 0.2) is 65.6 Å². The van der Waals surface area contributed by atoms with E-state index in [1.165, 1.54) is 33.2 Å². The van der Waals surface area contributed by atoms with E-state index in [0.717, 1.165) is 24.8 Å². The van der Waals surface area contributed by atoms with Gasteiger partial charge in [0, 0.05) is 5.56 Å². The molecule has 0 saturated carbocycles. The van der Waals surface area contributed by atoms with Crippen LogP contribution in [0.2, 0.25) is 0 Å². The van der Waals surface area contributed by atoms with Crippen molar-refractivity contribution >= 4 is 20.8 Å². The summed E-state index contributed by atoms with van der Waals surface area (Å²) in [5.74, 6) is 0. The second kappa shape index (κ2) is 8.27. The van der Waals surface area contributed by atoms with Gasteiger partial charge in [0.05, 0.1) is 25.5 Å². The quantitative estimate of drug-likeness (QED) is 0.658. The van der Waals surface area contributed by atoms with Gasteiger partial charge in [0.1, 0.15) is 6.04 Å². The van der Waals surface area contributed by atoms with Crippen molar-refractivity contribution in [3.63, 3.8) is 0 Å². The summed E-state index contributed by atoms with van der Waals surface area (Å²) in [5, 5.41) is 2.35. The summed E-state index contributed by atoms with van der Waals surface area (Å²) < 4.78 is 28.9. The lowest BCUT2D eigenvalue weighted by Crippen LogP contribution is -3.07. The molecule has 4 nitrogen and oxygen atoms in total. The fourth-order valence-electron chi connectivity index (χ4n) is 4.33. The van der Waals surface area contributed by atoms with Gasteiger partial charge in [0.15, 0.2) is 0 Å². The van der Waals surface area contributed by atoms with E-state index in [1.54, 1.807) is 6.07 Å². The maximum atomic E-state index is 13.0. The van der Waals surface area contributed by atoms with E-state index in [4.69, 9.17) is 0 Å². The zero-order valence-corrected chi connectivity index (χ0v) is 17.9. The average Bonchev–Trinajstić information content (AvgIpc) is 2.73. The number of fused-ring (bicyclic) bond motifs is 2. The van der Waals surface area contributed by atoms with E-state index in [9.17, 15) is 8.42 Å². The van der Waals surface area contributed by atoms with Crippen LogP contribution in [-0.2, 0) is 22.9 Å². The highest BCUT2D eigenvalue weighted by Crippen LogP contribution is 2.25. The summed E-state index contributed by atoms with van der Waals surface area (Å²) in [5.41, 5.74) is 3.64. The highest BCUT2D eigenvalue weighted by molar-refractivity contribution is 7.89. The molecule has 3 aromatic carbocycles. The minimum Gasteiger partial charge on any atom is -0.333 e. The average molecular weight is 410 g/mol. The number of rotatable bonds is 6. The van der Waals surface area contributed by atoms with E-state index in [-0.39, 0.29) is 6.04 Å². The van der Waals surface area contributed by atoms with Crippen LogP contribution < -0.4 is 9.62 Å². The minimum absolute atomic E-state index is 0.0218. The maximum Gasteiger partial charge on any atom is 0.240 e. The van der Waals surface area contributed by atoms with Crippen LogP contribution in [-0.4, -0.2) is 29.1 Å². The topological polar surface area (TPSA) is 50.6 Å². The summed E-state index contributed by atoms with van der Waals surface area (Å²) in [7, 11) is 0.591. The first-order chi connectivity index (χ1) is 14.0. The van der Waals surface area contributed by atoms with Crippen LogP contribution in [0.1, 0.15) is 35.6 Å². The largest absolute Gasteiger partial charge is 0.333 e. The summed E-state index contributed by atoms with van der Waals surface area (Å²) in [6.45, 7) is 0.357. The summed E-state index contributed by atoms with van der Waals surface area (Å²) in [6.07, 6.45) is 4.35. The Balaban J connectivity index is 1.59. The molecule has 0 heterocycles. The second-order valence-corrected chi connectivity index (χ2v) is 9.95. The molecule has 0 aromatic heterocycles. The standard InChI is InChI=1S/C24H28N2O2S/c1-26(2)24(23-13-7-11-19-9-5-6-12-22(19)23)17-25-29(27,28)21-15-14-18-8-3-4-10-20(18)16-21/h5-7,9,11-16,24-25H,3-4,8,10,17H2,1-2H3/p+1/t24-/m0/s1. The van der Waals surface area contributed by atoms with Crippen LogP contribution in [0.3, 0.4) is 0 Å². The van der Waals surface area contributed by atoms with Crippen LogP contribution in [0.25, 0.3) is 10.8 Å². The lowest BCUT2D eigenvalue weighted by Gasteiger charge is -2.24. The number of hydrogen-bond acceptors (Lipinski definition) is 2. The number of likely N-dealkylation sites (N-methyl/N-ethyl adjacent to an activating group) is 1. The molecule has 2 N–H and O–H groups in total. The minimum atomic E-state index is -3.55. The number of aryl methyl sites for hydroxylation is 2. The zero-order chi connectivity index (χ0) is 20.4. The Bertz CT molecular complexity index is 1120. The predicted octanol–water partition coefficient (Wildman–Crippen LogP) is 2.88. The van der Waals surface area contributed by atoms with Gasteiger partial charge in [-0.2, -0.15) is 0 Å². The van der Waals surface area contributed by atoms with Gasteiger partial charge in [0.2, 0.25) is 10.0 Å². The van der Waals surface area contributed by atoms with Crippen molar-refractivity contribution in [2.45, 2.75) is 36.6 Å². The van der Waals surface area contributed by atoms with E-state index in [1.807, 2.05) is 30.3 Å². The number of benzene rings is 3. The molecule has 1 aliphatic rings. The summed E-state index contributed by atoms with van der Waals surface area (Å²) >= 11 is 0. The molecule has 152 valence electrons. The molecule has 0 amide bonds. The Labute approximate surface area is 173 Å². The van der Waals surface area contributed by atoms with Gasteiger partial charge in [-0.3, -0.25) is 0 Å². The third-order valence-electron chi connectivity index (χ3n) is 6.00. The van der Waals surface area contributed by atoms with Gasteiger partial charge < -0.3 is 4.90 Å². The summed E-state index contributed by atoms with van der Waals surface area (Å²) in [4.78, 5) is 1.57. The smallest absolute Gasteiger partial charge is 0.240 e. The molecule has 3 aromatic rings. The lowest BCUT2D eigenvalue weighted by molar-refractivity contribution is -0.890. The molecule has 1 atom stereocenters. The molecule has 0 spiro atoms. The Hall–Kier alpha value is -2.21. The molecular weight excluding hydrogens is 380 g/mol. The van der Waals surface area contributed by atoms with E-state index >= 15 is 0 Å². The van der Waals surface area contributed by atoms with Gasteiger partial charge in [-0.15, -0.1) is 0 Å². The molecule has 0 bridgehead atoms. The highest BCUT2D eigenvalue weighted by Gasteiger charge is 2.24. The summed E-state index contributed by atoms with van der Waals surface area (Å²) in [6, 6.07) is 20.1. The number of nitrogens with one attached hydrogen (secondary N) is 2. The Morgan fingerprint density at radius 1 is 0.931 bits per heavy atom. The van der Waals surface area contributed by atoms with Crippen molar-refractivity contribution in [2.24, 2.45) is 0 Å². The predicted molar refractivity (Wildman–Crippen MR) is 118 cm³/mol. The fourth-order valence-corrected chi connectivity index (χ4v) is 5.43. The number of quaternary nitrogens is 1. The molecule has 29 heavy (non-hydrogen) atoms. The van der Waals surface area contributed by atoms with Crippen LogP contribution >= 0.6 is 0 Å². The molecule has 0 fully saturated rings. The number of sulfonamides is 1. The van der Waals surface area contributed by atoms with Gasteiger partial charge in [-0.05, 0) is 59.7 Å². The van der Waals surface area contributed by atoms with Gasteiger partial charge >= 0.3 is 0 Å². The molecule has 0 saturated heterocycles. The SMILES string of the molecule is C[NH+](C)[C@@H](CNS(=O)(=O)c1ccc2c(c1)CCCC2)c1cccc2ccccc12. The monoisotopic (exact) mass is 409 g/mol. The molecule has 5 heteroatoms. The highest BCUT2D eigenvalue weighted by atomic mass is 32.2. The Morgan fingerprint density at radius 2 is 1.66 bits per heavy atom. The first-order valence-electron chi connectivity index (χ1n) is 10.3. The van der Waals surface area contributed by atoms with Crippen molar-refractivity contribution in [1.29, 1.82) is 0 Å². The number of hydrogen-bond donors (Lipinski definition) is 2. The van der Waals surface area contributed by atoms with Gasteiger partial charge in [-0.25, -0.2) is 13.1 Å². The van der Waals surface area contributed by atoms with Crippen LogP contribution in [0, 0.1) is 0 Å². The molecule has 0 aliphatic heterocycles. The third kappa shape index (κ3) is 4.22. The lowest BCUT2D eigenvalue weighted by atomic mass is 9.92. The molecule has 0 unspecified atom stereocenters. The molecule has 4 rings (SSSR count). The van der Waals surface area contributed by atoms with Crippen molar-refractivity contribution < 1.29 is 13.3 Å². The van der Waals surface area contributed by atoms with Crippen molar-refractivity contribution in [3.05, 3.63) is 77.4 Å². The first kappa shape index (κ1) is 20.1. The van der Waals surface area contributed by atoms with E-state index < -0.39 is 10.0 Å². The Morgan fingerprint density at radius 3 is 2.45 bits per heavy atom.